The third-order valence-corrected chi connectivity index (χ3v) is 5.03. The number of thiazole rings is 1. The Morgan fingerprint density at radius 3 is 2.74 bits per heavy atom. The molecule has 0 spiro atoms. The van der Waals surface area contributed by atoms with Crippen molar-refractivity contribution in [2.45, 2.75) is 24.9 Å². The number of carbonyl (C=O) groups is 1. The van der Waals surface area contributed by atoms with E-state index in [2.05, 4.69) is 4.98 Å². The van der Waals surface area contributed by atoms with Crippen LogP contribution in [0.3, 0.4) is 0 Å². The number of carbonyl (C=O) groups excluding carboxylic acids is 1. The van der Waals surface area contributed by atoms with Crippen LogP contribution in [0, 0.1) is 5.92 Å². The van der Waals surface area contributed by atoms with E-state index in [1.54, 1.807) is 0 Å². The van der Waals surface area contributed by atoms with Crippen LogP contribution in [0.25, 0.3) is 10.2 Å². The molecule has 122 valence electrons. The molecule has 1 N–H and O–H groups in total. The van der Waals surface area contributed by atoms with Crippen molar-refractivity contribution >= 4 is 27.5 Å². The number of rotatable bonds is 3. The van der Waals surface area contributed by atoms with E-state index < -0.39 is 24.5 Å². The number of aromatic nitrogens is 1. The molecule has 0 saturated heterocycles. The number of hydrogen-bond donors (Lipinski definition) is 1. The van der Waals surface area contributed by atoms with Crippen LogP contribution in [0.15, 0.2) is 36.4 Å². The summed E-state index contributed by atoms with van der Waals surface area (Å²) < 4.78 is 37.9. The highest BCUT2D eigenvalue weighted by Gasteiger charge is 2.35. The van der Waals surface area contributed by atoms with Gasteiger partial charge in [0.05, 0.1) is 21.1 Å². The lowest BCUT2D eigenvalue weighted by atomic mass is 9.82. The molecule has 0 aliphatic heterocycles. The van der Waals surface area contributed by atoms with Crippen LogP contribution in [-0.4, -0.2) is 23.6 Å². The standard InChI is InChI=1S/C16H15F3N2OS/c17-16(18,19)9-20-14(22)10-5-1-2-6-11(10)15-21-12-7-3-4-8-13(12)23-15/h1-4,7-8,10-11H,5-6,9H2,(H,20,22)/t10-,11-/m1/s1. The molecule has 1 aromatic carbocycles. The Bertz CT molecular complexity index is 705. The van der Waals surface area contributed by atoms with Crippen LogP contribution in [-0.2, 0) is 4.79 Å². The number of allylic oxidation sites excluding steroid dienone is 2. The quantitative estimate of drug-likeness (QED) is 0.858. The molecule has 1 amide bonds. The summed E-state index contributed by atoms with van der Waals surface area (Å²) >= 11 is 1.50. The zero-order chi connectivity index (χ0) is 16.4. The maximum absolute atomic E-state index is 12.3. The van der Waals surface area contributed by atoms with E-state index in [1.165, 1.54) is 11.3 Å². The molecular weight excluding hydrogens is 325 g/mol. The monoisotopic (exact) mass is 340 g/mol. The average Bonchev–Trinajstić information content (AvgIpc) is 2.96. The summed E-state index contributed by atoms with van der Waals surface area (Å²) in [6.45, 7) is -1.29. The van der Waals surface area contributed by atoms with Crippen molar-refractivity contribution < 1.29 is 18.0 Å². The van der Waals surface area contributed by atoms with E-state index in [0.29, 0.717) is 12.8 Å². The number of benzene rings is 1. The van der Waals surface area contributed by atoms with Crippen LogP contribution >= 0.6 is 11.3 Å². The van der Waals surface area contributed by atoms with Crippen LogP contribution in [0.2, 0.25) is 0 Å². The number of fused-ring (bicyclic) bond motifs is 1. The van der Waals surface area contributed by atoms with Gasteiger partial charge in [0.2, 0.25) is 5.91 Å². The zero-order valence-electron chi connectivity index (χ0n) is 12.1. The minimum atomic E-state index is -4.40. The first-order valence-corrected chi connectivity index (χ1v) is 8.10. The van der Waals surface area contributed by atoms with E-state index in [1.807, 2.05) is 41.7 Å². The molecule has 1 aliphatic carbocycles. The van der Waals surface area contributed by atoms with Gasteiger partial charge >= 0.3 is 6.18 Å². The van der Waals surface area contributed by atoms with Gasteiger partial charge in [-0.05, 0) is 25.0 Å². The number of alkyl halides is 3. The highest BCUT2D eigenvalue weighted by molar-refractivity contribution is 7.18. The van der Waals surface area contributed by atoms with Gasteiger partial charge in [-0.3, -0.25) is 4.79 Å². The van der Waals surface area contributed by atoms with Gasteiger partial charge in [-0.1, -0.05) is 24.3 Å². The molecule has 0 radical (unpaired) electrons. The van der Waals surface area contributed by atoms with Gasteiger partial charge in [-0.2, -0.15) is 13.2 Å². The molecule has 0 fully saturated rings. The molecule has 2 atom stereocenters. The second kappa shape index (κ2) is 6.31. The molecule has 1 heterocycles. The Morgan fingerprint density at radius 1 is 1.26 bits per heavy atom. The lowest BCUT2D eigenvalue weighted by molar-refractivity contribution is -0.141. The maximum Gasteiger partial charge on any atom is 0.405 e. The number of nitrogens with zero attached hydrogens (tertiary/aromatic N) is 1. The fraction of sp³-hybridized carbons (Fsp3) is 0.375. The summed E-state index contributed by atoms with van der Waals surface area (Å²) in [4.78, 5) is 16.7. The van der Waals surface area contributed by atoms with Crippen molar-refractivity contribution in [3.8, 4) is 0 Å². The third-order valence-electron chi connectivity index (χ3n) is 3.86. The lowest BCUT2D eigenvalue weighted by Gasteiger charge is -2.26. The molecule has 0 bridgehead atoms. The SMILES string of the molecule is O=C(NCC(F)(F)F)[C@@H]1CC=CC[C@H]1c1nc2ccccc2s1. The molecule has 7 heteroatoms. The van der Waals surface area contributed by atoms with E-state index in [0.717, 1.165) is 15.2 Å². The number of nitrogens with one attached hydrogen (secondary N) is 1. The first kappa shape index (κ1) is 16.0. The van der Waals surface area contributed by atoms with Crippen molar-refractivity contribution in [2.24, 2.45) is 5.92 Å². The van der Waals surface area contributed by atoms with Crippen molar-refractivity contribution in [3.63, 3.8) is 0 Å². The van der Waals surface area contributed by atoms with E-state index in [4.69, 9.17) is 0 Å². The van der Waals surface area contributed by atoms with Crippen LogP contribution < -0.4 is 5.32 Å². The number of amides is 1. The summed E-state index contributed by atoms with van der Waals surface area (Å²) in [5.74, 6) is -1.25. The fourth-order valence-corrected chi connectivity index (χ4v) is 3.89. The van der Waals surface area contributed by atoms with Crippen molar-refractivity contribution in [1.82, 2.24) is 10.3 Å². The molecule has 2 aromatic rings. The van der Waals surface area contributed by atoms with Crippen molar-refractivity contribution in [2.75, 3.05) is 6.54 Å². The zero-order valence-corrected chi connectivity index (χ0v) is 13.0. The highest BCUT2D eigenvalue weighted by Crippen LogP contribution is 2.38. The summed E-state index contributed by atoms with van der Waals surface area (Å²) in [7, 11) is 0. The first-order chi connectivity index (χ1) is 10.9. The predicted molar refractivity (Wildman–Crippen MR) is 83.3 cm³/mol. The topological polar surface area (TPSA) is 42.0 Å². The second-order valence-corrected chi connectivity index (χ2v) is 6.57. The molecule has 0 saturated carbocycles. The third kappa shape index (κ3) is 3.72. The molecule has 0 unspecified atom stereocenters. The van der Waals surface area contributed by atoms with E-state index in [9.17, 15) is 18.0 Å². The fourth-order valence-electron chi connectivity index (χ4n) is 2.74. The highest BCUT2D eigenvalue weighted by atomic mass is 32.1. The predicted octanol–water partition coefficient (Wildman–Crippen LogP) is 4.02. The lowest BCUT2D eigenvalue weighted by Crippen LogP contribution is -2.40. The van der Waals surface area contributed by atoms with Gasteiger partial charge in [0.1, 0.15) is 6.54 Å². The minimum Gasteiger partial charge on any atom is -0.347 e. The normalized spacial score (nSPS) is 21.5. The minimum absolute atomic E-state index is 0.175. The molecule has 3 rings (SSSR count). The molecule has 3 nitrogen and oxygen atoms in total. The van der Waals surface area contributed by atoms with Crippen LogP contribution in [0.1, 0.15) is 23.8 Å². The summed E-state index contributed by atoms with van der Waals surface area (Å²) in [5, 5.41) is 2.81. The van der Waals surface area contributed by atoms with Gasteiger partial charge in [-0.25, -0.2) is 4.98 Å². The van der Waals surface area contributed by atoms with Crippen LogP contribution in [0.5, 0.6) is 0 Å². The molecule has 1 aromatic heterocycles. The van der Waals surface area contributed by atoms with Gasteiger partial charge in [0.25, 0.3) is 0 Å². The Kier molecular flexibility index (Phi) is 4.39. The Balaban J connectivity index is 1.81. The summed E-state index contributed by atoms with van der Waals surface area (Å²) in [5.41, 5.74) is 0.858. The van der Waals surface area contributed by atoms with Crippen molar-refractivity contribution in [1.29, 1.82) is 0 Å². The van der Waals surface area contributed by atoms with Gasteiger partial charge in [-0.15, -0.1) is 11.3 Å². The van der Waals surface area contributed by atoms with Gasteiger partial charge in [0, 0.05) is 5.92 Å². The first-order valence-electron chi connectivity index (χ1n) is 7.29. The number of hydrogen-bond acceptors (Lipinski definition) is 3. The van der Waals surface area contributed by atoms with Crippen LogP contribution in [0.4, 0.5) is 13.2 Å². The molecule has 1 aliphatic rings. The second-order valence-electron chi connectivity index (χ2n) is 5.51. The number of halogens is 3. The van der Waals surface area contributed by atoms with Gasteiger partial charge in [0.15, 0.2) is 0 Å². The summed E-state index contributed by atoms with van der Waals surface area (Å²) in [6, 6.07) is 7.65. The largest absolute Gasteiger partial charge is 0.405 e. The Morgan fingerprint density at radius 2 is 2.00 bits per heavy atom. The smallest absolute Gasteiger partial charge is 0.347 e. The van der Waals surface area contributed by atoms with E-state index in [-0.39, 0.29) is 5.92 Å². The number of para-hydroxylation sites is 1. The average molecular weight is 340 g/mol. The van der Waals surface area contributed by atoms with Crippen molar-refractivity contribution in [3.05, 3.63) is 41.4 Å². The maximum atomic E-state index is 12.3. The summed E-state index contributed by atoms with van der Waals surface area (Å²) in [6.07, 6.45) is 0.464. The Labute approximate surface area is 135 Å². The Hall–Kier alpha value is -1.89. The molecular formula is C16H15F3N2OS. The molecule has 23 heavy (non-hydrogen) atoms. The van der Waals surface area contributed by atoms with Gasteiger partial charge < -0.3 is 5.32 Å². The van der Waals surface area contributed by atoms with E-state index >= 15 is 0 Å².